The number of nitrogens with two attached hydrogens (primary N) is 1. The largest absolute Gasteiger partial charge is 0.497 e. The summed E-state index contributed by atoms with van der Waals surface area (Å²) in [6, 6.07) is 12.4. The zero-order chi connectivity index (χ0) is 14.5. The van der Waals surface area contributed by atoms with Crippen molar-refractivity contribution in [3.05, 3.63) is 58.1 Å². The highest BCUT2D eigenvalue weighted by Crippen LogP contribution is 2.19. The highest BCUT2D eigenvalue weighted by molar-refractivity contribution is 9.10. The van der Waals surface area contributed by atoms with Crippen LogP contribution < -0.4 is 10.5 Å². The Morgan fingerprint density at radius 3 is 2.55 bits per heavy atom. The van der Waals surface area contributed by atoms with Crippen LogP contribution in [0.1, 0.15) is 15.9 Å². The summed E-state index contributed by atoms with van der Waals surface area (Å²) in [5, 5.41) is 0. The van der Waals surface area contributed by atoms with Gasteiger partial charge in [-0.25, -0.2) is 4.79 Å². The van der Waals surface area contributed by atoms with Crippen LogP contribution in [-0.2, 0) is 11.3 Å². The fourth-order valence-electron chi connectivity index (χ4n) is 1.67. The highest BCUT2D eigenvalue weighted by Gasteiger charge is 2.10. The number of ether oxygens (including phenoxy) is 2. The molecule has 0 saturated carbocycles. The summed E-state index contributed by atoms with van der Waals surface area (Å²) in [5.41, 5.74) is 7.45. The summed E-state index contributed by atoms with van der Waals surface area (Å²) >= 11 is 3.35. The van der Waals surface area contributed by atoms with Crippen molar-refractivity contribution in [1.29, 1.82) is 0 Å². The maximum atomic E-state index is 12.0. The van der Waals surface area contributed by atoms with Crippen LogP contribution in [0.2, 0.25) is 0 Å². The van der Waals surface area contributed by atoms with Crippen molar-refractivity contribution in [2.24, 2.45) is 0 Å². The molecule has 2 aromatic carbocycles. The van der Waals surface area contributed by atoms with E-state index in [1.807, 2.05) is 24.3 Å². The van der Waals surface area contributed by atoms with Crippen LogP contribution in [-0.4, -0.2) is 13.1 Å². The first-order valence-corrected chi connectivity index (χ1v) is 6.74. The Morgan fingerprint density at radius 2 is 1.90 bits per heavy atom. The van der Waals surface area contributed by atoms with E-state index in [0.717, 1.165) is 10.0 Å². The first-order chi connectivity index (χ1) is 9.58. The maximum Gasteiger partial charge on any atom is 0.338 e. The minimum atomic E-state index is -0.432. The molecular formula is C15H14BrNO3. The minimum Gasteiger partial charge on any atom is -0.497 e. The lowest BCUT2D eigenvalue weighted by atomic mass is 10.2. The van der Waals surface area contributed by atoms with Gasteiger partial charge in [-0.15, -0.1) is 0 Å². The maximum absolute atomic E-state index is 12.0. The molecule has 0 unspecified atom stereocenters. The van der Waals surface area contributed by atoms with E-state index in [1.54, 1.807) is 18.2 Å². The van der Waals surface area contributed by atoms with Crippen molar-refractivity contribution in [2.45, 2.75) is 6.61 Å². The smallest absolute Gasteiger partial charge is 0.338 e. The SMILES string of the molecule is COc1cc(N)cc(C(=O)OCc2ccc(Br)cc2)c1. The monoisotopic (exact) mass is 335 g/mol. The standard InChI is InChI=1S/C15H14BrNO3/c1-19-14-7-11(6-13(17)8-14)15(18)20-9-10-2-4-12(16)5-3-10/h2-8H,9,17H2,1H3. The molecule has 0 radical (unpaired) electrons. The third-order valence-electron chi connectivity index (χ3n) is 2.68. The third-order valence-corrected chi connectivity index (χ3v) is 3.21. The number of nitrogen functional groups attached to an aromatic ring is 1. The summed E-state index contributed by atoms with van der Waals surface area (Å²) in [6.45, 7) is 0.212. The lowest BCUT2D eigenvalue weighted by molar-refractivity contribution is 0.0472. The van der Waals surface area contributed by atoms with Crippen LogP contribution in [0.5, 0.6) is 5.75 Å². The number of carbonyl (C=O) groups is 1. The predicted octanol–water partition coefficient (Wildman–Crippen LogP) is 3.40. The molecule has 0 bridgehead atoms. The molecule has 0 aliphatic heterocycles. The predicted molar refractivity (Wildman–Crippen MR) is 80.7 cm³/mol. The molecule has 0 aromatic heterocycles. The Labute approximate surface area is 125 Å². The molecule has 2 aromatic rings. The van der Waals surface area contributed by atoms with Crippen LogP contribution in [0.4, 0.5) is 5.69 Å². The lowest BCUT2D eigenvalue weighted by Crippen LogP contribution is -2.06. The number of hydrogen-bond donors (Lipinski definition) is 1. The van der Waals surface area contributed by atoms with Crippen molar-refractivity contribution in [1.82, 2.24) is 0 Å². The Bertz CT molecular complexity index is 611. The summed E-state index contributed by atoms with van der Waals surface area (Å²) in [4.78, 5) is 12.0. The van der Waals surface area contributed by atoms with Crippen LogP contribution in [0, 0.1) is 0 Å². The van der Waals surface area contributed by atoms with Crippen molar-refractivity contribution in [3.63, 3.8) is 0 Å². The number of halogens is 1. The van der Waals surface area contributed by atoms with Gasteiger partial charge in [0, 0.05) is 16.2 Å². The number of anilines is 1. The van der Waals surface area contributed by atoms with Gasteiger partial charge in [0.2, 0.25) is 0 Å². The Morgan fingerprint density at radius 1 is 1.20 bits per heavy atom. The summed E-state index contributed by atoms with van der Waals surface area (Å²) in [5.74, 6) is 0.0964. The van der Waals surface area contributed by atoms with Crippen molar-refractivity contribution >= 4 is 27.6 Å². The van der Waals surface area contributed by atoms with Crippen LogP contribution in [0.25, 0.3) is 0 Å². The summed E-state index contributed by atoms with van der Waals surface area (Å²) in [6.07, 6.45) is 0. The van der Waals surface area contributed by atoms with E-state index in [9.17, 15) is 4.79 Å². The van der Waals surface area contributed by atoms with E-state index in [2.05, 4.69) is 15.9 Å². The van der Waals surface area contributed by atoms with Gasteiger partial charge in [0.25, 0.3) is 0 Å². The minimum absolute atomic E-state index is 0.212. The fraction of sp³-hybridized carbons (Fsp3) is 0.133. The molecule has 0 fully saturated rings. The fourth-order valence-corrected chi connectivity index (χ4v) is 1.93. The summed E-state index contributed by atoms with van der Waals surface area (Å²) < 4.78 is 11.3. The first kappa shape index (κ1) is 14.4. The van der Waals surface area contributed by atoms with Gasteiger partial charge in [-0.05, 0) is 29.8 Å². The molecule has 0 heterocycles. The van der Waals surface area contributed by atoms with Gasteiger partial charge < -0.3 is 15.2 Å². The van der Waals surface area contributed by atoms with Crippen LogP contribution >= 0.6 is 15.9 Å². The van der Waals surface area contributed by atoms with Gasteiger partial charge in [0.15, 0.2) is 0 Å². The van der Waals surface area contributed by atoms with E-state index < -0.39 is 5.97 Å². The molecule has 5 heteroatoms. The van der Waals surface area contributed by atoms with E-state index in [0.29, 0.717) is 17.0 Å². The second-order valence-electron chi connectivity index (χ2n) is 4.20. The van der Waals surface area contributed by atoms with Crippen molar-refractivity contribution in [2.75, 3.05) is 12.8 Å². The molecule has 0 saturated heterocycles. The molecule has 0 aliphatic carbocycles. The zero-order valence-corrected chi connectivity index (χ0v) is 12.5. The number of methoxy groups -OCH3 is 1. The second kappa shape index (κ2) is 6.43. The molecule has 20 heavy (non-hydrogen) atoms. The normalized spacial score (nSPS) is 10.1. The van der Waals surface area contributed by atoms with Gasteiger partial charge in [0.1, 0.15) is 12.4 Å². The quantitative estimate of drug-likeness (QED) is 0.687. The van der Waals surface area contributed by atoms with Gasteiger partial charge in [0.05, 0.1) is 12.7 Å². The van der Waals surface area contributed by atoms with E-state index in [4.69, 9.17) is 15.2 Å². The first-order valence-electron chi connectivity index (χ1n) is 5.94. The van der Waals surface area contributed by atoms with E-state index in [1.165, 1.54) is 7.11 Å². The second-order valence-corrected chi connectivity index (χ2v) is 5.11. The van der Waals surface area contributed by atoms with E-state index in [-0.39, 0.29) is 6.61 Å². The number of esters is 1. The molecular weight excluding hydrogens is 322 g/mol. The Kier molecular flexibility index (Phi) is 4.63. The Hall–Kier alpha value is -2.01. The molecule has 0 amide bonds. The molecule has 0 atom stereocenters. The van der Waals surface area contributed by atoms with Crippen molar-refractivity contribution in [3.8, 4) is 5.75 Å². The van der Waals surface area contributed by atoms with Crippen LogP contribution in [0.3, 0.4) is 0 Å². The summed E-state index contributed by atoms with van der Waals surface area (Å²) in [7, 11) is 1.52. The number of rotatable bonds is 4. The number of carbonyl (C=O) groups excluding carboxylic acids is 1. The molecule has 2 rings (SSSR count). The van der Waals surface area contributed by atoms with Gasteiger partial charge in [-0.1, -0.05) is 28.1 Å². The zero-order valence-electron chi connectivity index (χ0n) is 10.9. The molecule has 104 valence electrons. The molecule has 2 N–H and O–H groups in total. The molecule has 0 aliphatic rings. The molecule has 4 nitrogen and oxygen atoms in total. The average Bonchev–Trinajstić information content (AvgIpc) is 2.45. The third kappa shape index (κ3) is 3.74. The van der Waals surface area contributed by atoms with Gasteiger partial charge >= 0.3 is 5.97 Å². The van der Waals surface area contributed by atoms with Crippen molar-refractivity contribution < 1.29 is 14.3 Å². The van der Waals surface area contributed by atoms with E-state index >= 15 is 0 Å². The molecule has 0 spiro atoms. The number of hydrogen-bond acceptors (Lipinski definition) is 4. The Balaban J connectivity index is 2.04. The number of benzene rings is 2. The lowest BCUT2D eigenvalue weighted by Gasteiger charge is -2.08. The van der Waals surface area contributed by atoms with Gasteiger partial charge in [-0.3, -0.25) is 0 Å². The highest BCUT2D eigenvalue weighted by atomic mass is 79.9. The topological polar surface area (TPSA) is 61.5 Å². The van der Waals surface area contributed by atoms with Gasteiger partial charge in [-0.2, -0.15) is 0 Å². The van der Waals surface area contributed by atoms with Crippen LogP contribution in [0.15, 0.2) is 46.9 Å². The average molecular weight is 336 g/mol.